The highest BCUT2D eigenvalue weighted by molar-refractivity contribution is 4.85. The second-order valence-electron chi connectivity index (χ2n) is 3.75. The molecule has 3 nitrogen and oxygen atoms in total. The average molecular weight is 182 g/mol. The first kappa shape index (κ1) is 10.5. The van der Waals surface area contributed by atoms with Crippen LogP contribution in [0.1, 0.15) is 26.7 Å². The normalized spacial score (nSPS) is 25.5. The van der Waals surface area contributed by atoms with Gasteiger partial charge < -0.3 is 4.74 Å². The molecule has 0 aromatic heterocycles. The van der Waals surface area contributed by atoms with E-state index in [9.17, 15) is 0 Å². The van der Waals surface area contributed by atoms with Crippen LogP contribution in [0.4, 0.5) is 0 Å². The van der Waals surface area contributed by atoms with Crippen LogP contribution in [0.25, 0.3) is 0 Å². The highest BCUT2D eigenvalue weighted by atomic mass is 16.5. The van der Waals surface area contributed by atoms with E-state index in [-0.39, 0.29) is 0 Å². The minimum Gasteiger partial charge on any atom is -0.380 e. The van der Waals surface area contributed by atoms with Crippen molar-refractivity contribution in [3.05, 3.63) is 0 Å². The summed E-state index contributed by atoms with van der Waals surface area (Å²) in [6.07, 6.45) is 1.62. The molecule has 0 aliphatic carbocycles. The third-order valence-electron chi connectivity index (χ3n) is 2.55. The van der Waals surface area contributed by atoms with Crippen molar-refractivity contribution < 1.29 is 4.74 Å². The summed E-state index contributed by atoms with van der Waals surface area (Å²) in [5.41, 5.74) is 0. The maximum Gasteiger partial charge on any atom is 0.0638 e. The summed E-state index contributed by atoms with van der Waals surface area (Å²) < 4.78 is 5.40. The molecule has 0 amide bonds. The van der Waals surface area contributed by atoms with E-state index in [0.29, 0.717) is 18.5 Å². The van der Waals surface area contributed by atoms with Crippen LogP contribution in [0.15, 0.2) is 0 Å². The van der Waals surface area contributed by atoms with E-state index in [2.05, 4.69) is 24.8 Å². The smallest absolute Gasteiger partial charge is 0.0638 e. The van der Waals surface area contributed by atoms with Gasteiger partial charge in [-0.2, -0.15) is 5.26 Å². The van der Waals surface area contributed by atoms with Crippen molar-refractivity contribution >= 4 is 0 Å². The molecule has 1 heterocycles. The first-order valence-corrected chi connectivity index (χ1v) is 4.96. The molecule has 0 aromatic carbocycles. The molecule has 0 saturated carbocycles. The van der Waals surface area contributed by atoms with Gasteiger partial charge in [-0.3, -0.25) is 4.90 Å². The number of hydrogen-bond acceptors (Lipinski definition) is 3. The van der Waals surface area contributed by atoms with Crippen LogP contribution in [0.2, 0.25) is 0 Å². The zero-order valence-electron chi connectivity index (χ0n) is 8.49. The van der Waals surface area contributed by atoms with Gasteiger partial charge in [-0.1, -0.05) is 0 Å². The van der Waals surface area contributed by atoms with Gasteiger partial charge in [0.25, 0.3) is 0 Å². The molecular weight excluding hydrogens is 164 g/mol. The maximum absolute atomic E-state index is 8.69. The maximum atomic E-state index is 8.69. The lowest BCUT2D eigenvalue weighted by molar-refractivity contribution is 0.130. The summed E-state index contributed by atoms with van der Waals surface area (Å²) in [7, 11) is 0. The first-order valence-electron chi connectivity index (χ1n) is 4.96. The topological polar surface area (TPSA) is 36.3 Å². The molecule has 1 unspecified atom stereocenters. The predicted octanol–water partition coefficient (Wildman–Crippen LogP) is 1.40. The minimum absolute atomic E-state index is 0.396. The van der Waals surface area contributed by atoms with Crippen LogP contribution in [-0.2, 0) is 4.74 Å². The standard InChI is InChI=1S/C10H18N2O/c1-9(2)12-6-8-13-7-4-10(12)3-5-11/h9-10H,3-4,6-8H2,1-2H3. The van der Waals surface area contributed by atoms with Gasteiger partial charge in [-0.15, -0.1) is 0 Å². The van der Waals surface area contributed by atoms with Crippen molar-refractivity contribution in [1.82, 2.24) is 4.90 Å². The van der Waals surface area contributed by atoms with Crippen molar-refractivity contribution in [2.24, 2.45) is 0 Å². The zero-order valence-corrected chi connectivity index (χ0v) is 8.49. The Morgan fingerprint density at radius 2 is 2.31 bits per heavy atom. The lowest BCUT2D eigenvalue weighted by atomic mass is 10.1. The van der Waals surface area contributed by atoms with E-state index in [4.69, 9.17) is 10.00 Å². The fourth-order valence-electron chi connectivity index (χ4n) is 1.84. The summed E-state index contributed by atoms with van der Waals surface area (Å²) in [6, 6.07) is 3.16. The first-order chi connectivity index (χ1) is 6.25. The molecule has 74 valence electrons. The van der Waals surface area contributed by atoms with E-state index < -0.39 is 0 Å². The van der Waals surface area contributed by atoms with Crippen LogP contribution < -0.4 is 0 Å². The number of hydrogen-bond donors (Lipinski definition) is 0. The minimum atomic E-state index is 0.396. The predicted molar refractivity (Wildman–Crippen MR) is 51.3 cm³/mol. The van der Waals surface area contributed by atoms with Gasteiger partial charge in [0.2, 0.25) is 0 Å². The molecule has 0 aromatic rings. The van der Waals surface area contributed by atoms with Gasteiger partial charge in [-0.25, -0.2) is 0 Å². The fraction of sp³-hybridized carbons (Fsp3) is 0.900. The lowest BCUT2D eigenvalue weighted by Gasteiger charge is -2.31. The molecule has 1 aliphatic heterocycles. The Hall–Kier alpha value is -0.590. The Morgan fingerprint density at radius 1 is 1.54 bits per heavy atom. The van der Waals surface area contributed by atoms with Crippen molar-refractivity contribution in [3.63, 3.8) is 0 Å². The van der Waals surface area contributed by atoms with Crippen LogP contribution >= 0.6 is 0 Å². The van der Waals surface area contributed by atoms with Gasteiger partial charge in [0.05, 0.1) is 19.1 Å². The molecule has 0 bridgehead atoms. The highest BCUT2D eigenvalue weighted by Crippen LogP contribution is 2.15. The largest absolute Gasteiger partial charge is 0.380 e. The Bertz CT molecular complexity index is 186. The summed E-state index contributed by atoms with van der Waals surface area (Å²) in [4.78, 5) is 2.37. The Morgan fingerprint density at radius 3 is 2.92 bits per heavy atom. The molecule has 1 atom stereocenters. The Labute approximate surface area is 80.3 Å². The monoisotopic (exact) mass is 182 g/mol. The third kappa shape index (κ3) is 2.98. The second-order valence-corrected chi connectivity index (χ2v) is 3.75. The molecule has 13 heavy (non-hydrogen) atoms. The highest BCUT2D eigenvalue weighted by Gasteiger charge is 2.22. The molecule has 0 spiro atoms. The number of rotatable bonds is 2. The van der Waals surface area contributed by atoms with E-state index in [1.165, 1.54) is 0 Å². The molecular formula is C10H18N2O. The SMILES string of the molecule is CC(C)N1CCOCCC1CC#N. The van der Waals surface area contributed by atoms with Crippen molar-refractivity contribution in [3.8, 4) is 6.07 Å². The Balaban J connectivity index is 2.56. The van der Waals surface area contributed by atoms with Gasteiger partial charge in [0.1, 0.15) is 0 Å². The van der Waals surface area contributed by atoms with Gasteiger partial charge in [0, 0.05) is 25.2 Å². The number of ether oxygens (including phenoxy) is 1. The van der Waals surface area contributed by atoms with Crippen LogP contribution in [0.5, 0.6) is 0 Å². The third-order valence-corrected chi connectivity index (χ3v) is 2.55. The average Bonchev–Trinajstić information content (AvgIpc) is 2.30. The van der Waals surface area contributed by atoms with Crippen molar-refractivity contribution in [1.29, 1.82) is 5.26 Å². The summed E-state index contributed by atoms with van der Waals surface area (Å²) in [5, 5.41) is 8.69. The molecule has 1 rings (SSSR count). The molecule has 3 heteroatoms. The van der Waals surface area contributed by atoms with E-state index in [1.807, 2.05) is 0 Å². The quantitative estimate of drug-likeness (QED) is 0.647. The van der Waals surface area contributed by atoms with Crippen molar-refractivity contribution in [2.45, 2.75) is 38.8 Å². The molecule has 1 fully saturated rings. The van der Waals surface area contributed by atoms with Crippen LogP contribution in [0.3, 0.4) is 0 Å². The second kappa shape index (κ2) is 5.21. The Kier molecular flexibility index (Phi) is 4.20. The molecule has 0 radical (unpaired) electrons. The van der Waals surface area contributed by atoms with E-state index >= 15 is 0 Å². The molecule has 1 saturated heterocycles. The van der Waals surface area contributed by atoms with Crippen molar-refractivity contribution in [2.75, 3.05) is 19.8 Å². The van der Waals surface area contributed by atoms with E-state index in [1.54, 1.807) is 0 Å². The van der Waals surface area contributed by atoms with Crippen LogP contribution in [0, 0.1) is 11.3 Å². The summed E-state index contributed by atoms with van der Waals surface area (Å²) in [6.45, 7) is 6.92. The van der Waals surface area contributed by atoms with Gasteiger partial charge >= 0.3 is 0 Å². The lowest BCUT2D eigenvalue weighted by Crippen LogP contribution is -2.40. The summed E-state index contributed by atoms with van der Waals surface area (Å²) >= 11 is 0. The fourth-order valence-corrected chi connectivity index (χ4v) is 1.84. The van der Waals surface area contributed by atoms with E-state index in [0.717, 1.165) is 26.2 Å². The summed E-state index contributed by atoms with van der Waals surface area (Å²) in [5.74, 6) is 0. The van der Waals surface area contributed by atoms with Gasteiger partial charge in [-0.05, 0) is 20.3 Å². The van der Waals surface area contributed by atoms with Crippen LogP contribution in [-0.4, -0.2) is 36.7 Å². The molecule has 0 N–H and O–H groups in total. The van der Waals surface area contributed by atoms with Gasteiger partial charge in [0.15, 0.2) is 0 Å². The number of nitriles is 1. The number of nitrogens with zero attached hydrogens (tertiary/aromatic N) is 2. The zero-order chi connectivity index (χ0) is 9.68. The molecule has 1 aliphatic rings.